The number of benzene rings is 1. The molecule has 1 aromatic rings. The van der Waals surface area contributed by atoms with Gasteiger partial charge in [0.25, 0.3) is 0 Å². The van der Waals surface area contributed by atoms with E-state index in [9.17, 15) is 4.79 Å². The zero-order valence-corrected chi connectivity index (χ0v) is 7.67. The SMILES string of the molecule is CC(=O)Cc1ccc2c(c1)CCO2. The van der Waals surface area contributed by atoms with Crippen molar-refractivity contribution in [3.8, 4) is 5.75 Å². The predicted octanol–water partition coefficient (Wildman–Crippen LogP) is 1.75. The van der Waals surface area contributed by atoms with Gasteiger partial charge in [0, 0.05) is 12.8 Å². The highest BCUT2D eigenvalue weighted by Crippen LogP contribution is 2.25. The molecule has 2 rings (SSSR count). The summed E-state index contributed by atoms with van der Waals surface area (Å²) < 4.78 is 5.37. The molecule has 0 amide bonds. The van der Waals surface area contributed by atoms with Crippen molar-refractivity contribution in [3.05, 3.63) is 29.3 Å². The van der Waals surface area contributed by atoms with Crippen molar-refractivity contribution >= 4 is 5.78 Å². The van der Waals surface area contributed by atoms with Gasteiger partial charge in [0.05, 0.1) is 6.61 Å². The standard InChI is InChI=1S/C11H12O2/c1-8(12)6-9-2-3-11-10(7-9)4-5-13-11/h2-3,7H,4-6H2,1H3. The highest BCUT2D eigenvalue weighted by atomic mass is 16.5. The van der Waals surface area contributed by atoms with Crippen molar-refractivity contribution in [2.45, 2.75) is 19.8 Å². The molecule has 13 heavy (non-hydrogen) atoms. The van der Waals surface area contributed by atoms with Gasteiger partial charge in [-0.15, -0.1) is 0 Å². The summed E-state index contributed by atoms with van der Waals surface area (Å²) in [6.45, 7) is 2.39. The molecular weight excluding hydrogens is 164 g/mol. The Morgan fingerprint density at radius 3 is 3.15 bits per heavy atom. The smallest absolute Gasteiger partial charge is 0.134 e. The molecule has 0 aliphatic carbocycles. The number of fused-ring (bicyclic) bond motifs is 1. The molecule has 0 fully saturated rings. The van der Waals surface area contributed by atoms with Gasteiger partial charge in [-0.1, -0.05) is 12.1 Å². The van der Waals surface area contributed by atoms with Gasteiger partial charge in [0.15, 0.2) is 0 Å². The second-order valence-corrected chi connectivity index (χ2v) is 3.42. The molecule has 0 bridgehead atoms. The average Bonchev–Trinajstić information content (AvgIpc) is 2.49. The Hall–Kier alpha value is -1.31. The molecular formula is C11H12O2. The van der Waals surface area contributed by atoms with E-state index >= 15 is 0 Å². The van der Waals surface area contributed by atoms with Crippen LogP contribution in [0.1, 0.15) is 18.1 Å². The molecule has 1 heterocycles. The minimum absolute atomic E-state index is 0.207. The van der Waals surface area contributed by atoms with E-state index in [1.807, 2.05) is 12.1 Å². The van der Waals surface area contributed by atoms with E-state index < -0.39 is 0 Å². The molecule has 2 heteroatoms. The van der Waals surface area contributed by atoms with Crippen LogP contribution >= 0.6 is 0 Å². The average molecular weight is 176 g/mol. The summed E-state index contributed by atoms with van der Waals surface area (Å²) in [6, 6.07) is 6.00. The summed E-state index contributed by atoms with van der Waals surface area (Å²) in [4.78, 5) is 10.9. The van der Waals surface area contributed by atoms with Crippen molar-refractivity contribution < 1.29 is 9.53 Å². The maximum absolute atomic E-state index is 10.9. The molecule has 0 atom stereocenters. The summed E-state index contributed by atoms with van der Waals surface area (Å²) in [5.74, 6) is 1.19. The lowest BCUT2D eigenvalue weighted by atomic mass is 10.0. The van der Waals surface area contributed by atoms with E-state index in [4.69, 9.17) is 4.74 Å². The molecule has 0 spiro atoms. The Balaban J connectivity index is 2.25. The van der Waals surface area contributed by atoms with Crippen LogP contribution in [-0.2, 0) is 17.6 Å². The van der Waals surface area contributed by atoms with Gasteiger partial charge in [-0.3, -0.25) is 4.79 Å². The summed E-state index contributed by atoms with van der Waals surface area (Å²) in [5.41, 5.74) is 2.33. The van der Waals surface area contributed by atoms with Crippen LogP contribution in [0.4, 0.5) is 0 Å². The molecule has 0 unspecified atom stereocenters. The number of carbonyl (C=O) groups excluding carboxylic acids is 1. The zero-order chi connectivity index (χ0) is 9.26. The Bertz CT molecular complexity index is 342. The van der Waals surface area contributed by atoms with Crippen molar-refractivity contribution in [2.75, 3.05) is 6.61 Å². The van der Waals surface area contributed by atoms with E-state index in [1.54, 1.807) is 6.92 Å². The molecule has 68 valence electrons. The van der Waals surface area contributed by atoms with E-state index in [0.29, 0.717) is 6.42 Å². The normalized spacial score (nSPS) is 13.6. The lowest BCUT2D eigenvalue weighted by molar-refractivity contribution is -0.116. The first-order valence-electron chi connectivity index (χ1n) is 4.50. The topological polar surface area (TPSA) is 26.3 Å². The van der Waals surface area contributed by atoms with E-state index in [2.05, 4.69) is 6.07 Å². The van der Waals surface area contributed by atoms with Crippen molar-refractivity contribution in [1.82, 2.24) is 0 Å². The van der Waals surface area contributed by atoms with E-state index in [1.165, 1.54) is 5.56 Å². The van der Waals surface area contributed by atoms with Crippen LogP contribution in [0.25, 0.3) is 0 Å². The fourth-order valence-electron chi connectivity index (χ4n) is 1.64. The number of ketones is 1. The molecule has 0 saturated carbocycles. The number of Topliss-reactive ketones (excluding diaryl/α,β-unsaturated/α-hetero) is 1. The number of carbonyl (C=O) groups is 1. The number of hydrogen-bond donors (Lipinski definition) is 0. The zero-order valence-electron chi connectivity index (χ0n) is 7.67. The maximum atomic E-state index is 10.9. The van der Waals surface area contributed by atoms with Crippen LogP contribution in [-0.4, -0.2) is 12.4 Å². The quantitative estimate of drug-likeness (QED) is 0.686. The predicted molar refractivity (Wildman–Crippen MR) is 50.0 cm³/mol. The van der Waals surface area contributed by atoms with Gasteiger partial charge in [-0.2, -0.15) is 0 Å². The third kappa shape index (κ3) is 1.72. The fraction of sp³-hybridized carbons (Fsp3) is 0.364. The third-order valence-electron chi connectivity index (χ3n) is 2.21. The van der Waals surface area contributed by atoms with Crippen molar-refractivity contribution in [1.29, 1.82) is 0 Å². The van der Waals surface area contributed by atoms with Crippen molar-refractivity contribution in [2.24, 2.45) is 0 Å². The summed E-state index contributed by atoms with van der Waals surface area (Å²) in [6.07, 6.45) is 1.51. The summed E-state index contributed by atoms with van der Waals surface area (Å²) in [5, 5.41) is 0. The largest absolute Gasteiger partial charge is 0.493 e. The molecule has 1 aromatic carbocycles. The monoisotopic (exact) mass is 176 g/mol. The van der Waals surface area contributed by atoms with E-state index in [0.717, 1.165) is 24.3 Å². The highest BCUT2D eigenvalue weighted by molar-refractivity contribution is 5.78. The second kappa shape index (κ2) is 3.21. The van der Waals surface area contributed by atoms with Gasteiger partial charge in [-0.05, 0) is 24.1 Å². The van der Waals surface area contributed by atoms with Crippen LogP contribution in [0.5, 0.6) is 5.75 Å². The Morgan fingerprint density at radius 2 is 2.38 bits per heavy atom. The van der Waals surface area contributed by atoms with Gasteiger partial charge in [0.1, 0.15) is 11.5 Å². The van der Waals surface area contributed by atoms with E-state index in [-0.39, 0.29) is 5.78 Å². The van der Waals surface area contributed by atoms with Crippen molar-refractivity contribution in [3.63, 3.8) is 0 Å². The molecule has 2 nitrogen and oxygen atoms in total. The van der Waals surface area contributed by atoms with Crippen LogP contribution in [0.3, 0.4) is 0 Å². The maximum Gasteiger partial charge on any atom is 0.134 e. The third-order valence-corrected chi connectivity index (χ3v) is 2.21. The van der Waals surface area contributed by atoms with Crippen LogP contribution < -0.4 is 4.74 Å². The molecule has 0 radical (unpaired) electrons. The van der Waals surface area contributed by atoms with Gasteiger partial charge >= 0.3 is 0 Å². The number of hydrogen-bond acceptors (Lipinski definition) is 2. The summed E-state index contributed by atoms with van der Waals surface area (Å²) >= 11 is 0. The second-order valence-electron chi connectivity index (χ2n) is 3.42. The van der Waals surface area contributed by atoms with Gasteiger partial charge in [0.2, 0.25) is 0 Å². The first kappa shape index (κ1) is 8.30. The number of rotatable bonds is 2. The molecule has 0 N–H and O–H groups in total. The lowest BCUT2D eigenvalue weighted by Gasteiger charge is -2.01. The molecule has 1 aliphatic rings. The fourth-order valence-corrected chi connectivity index (χ4v) is 1.64. The minimum Gasteiger partial charge on any atom is -0.493 e. The Kier molecular flexibility index (Phi) is 2.05. The Labute approximate surface area is 77.5 Å². The molecule has 0 saturated heterocycles. The number of ether oxygens (including phenoxy) is 1. The van der Waals surface area contributed by atoms with Gasteiger partial charge in [-0.25, -0.2) is 0 Å². The first-order chi connectivity index (χ1) is 6.25. The lowest BCUT2D eigenvalue weighted by Crippen LogP contribution is -1.96. The molecule has 0 aromatic heterocycles. The van der Waals surface area contributed by atoms with Crippen LogP contribution in [0, 0.1) is 0 Å². The van der Waals surface area contributed by atoms with Crippen LogP contribution in [0.15, 0.2) is 18.2 Å². The van der Waals surface area contributed by atoms with Gasteiger partial charge < -0.3 is 4.74 Å². The molecule has 1 aliphatic heterocycles. The highest BCUT2D eigenvalue weighted by Gasteiger charge is 2.12. The van der Waals surface area contributed by atoms with Crippen LogP contribution in [0.2, 0.25) is 0 Å². The summed E-state index contributed by atoms with van der Waals surface area (Å²) in [7, 11) is 0. The Morgan fingerprint density at radius 1 is 1.54 bits per heavy atom. The minimum atomic E-state index is 0.207. The first-order valence-corrected chi connectivity index (χ1v) is 4.50.